The molecular weight excluding hydrogens is 354 g/mol. The number of nitrogens with zero attached hydrogens (tertiary/aromatic N) is 1. The van der Waals surface area contributed by atoms with Gasteiger partial charge in [0.25, 0.3) is 5.91 Å². The van der Waals surface area contributed by atoms with Gasteiger partial charge in [-0.2, -0.15) is 0 Å². The fraction of sp³-hybridized carbons (Fsp3) is 0.182. The van der Waals surface area contributed by atoms with Gasteiger partial charge in [0.2, 0.25) is 0 Å². The minimum Gasteiger partial charge on any atom is -0.493 e. The van der Waals surface area contributed by atoms with Crippen LogP contribution in [0.3, 0.4) is 0 Å². The van der Waals surface area contributed by atoms with Crippen LogP contribution >= 0.6 is 0 Å². The average molecular weight is 377 g/mol. The average Bonchev–Trinajstić information content (AvgIpc) is 2.74. The Morgan fingerprint density at radius 3 is 2.39 bits per heavy atom. The van der Waals surface area contributed by atoms with Crippen LogP contribution in [0.4, 0.5) is 11.5 Å². The van der Waals surface area contributed by atoms with Crippen LogP contribution in [0.5, 0.6) is 11.5 Å². The molecule has 0 spiro atoms. The molecular formula is C22H23N3O3. The fourth-order valence-electron chi connectivity index (χ4n) is 2.68. The molecule has 1 amide bonds. The van der Waals surface area contributed by atoms with E-state index in [-0.39, 0.29) is 18.6 Å². The zero-order valence-corrected chi connectivity index (χ0v) is 15.9. The molecule has 0 saturated heterocycles. The molecule has 144 valence electrons. The Hall–Kier alpha value is -3.54. The van der Waals surface area contributed by atoms with Crippen LogP contribution in [-0.2, 0) is 4.79 Å². The number of hydrogen-bond donors (Lipinski definition) is 2. The highest BCUT2D eigenvalue weighted by atomic mass is 16.5. The Kier molecular flexibility index (Phi) is 6.46. The fourth-order valence-corrected chi connectivity index (χ4v) is 2.68. The molecule has 28 heavy (non-hydrogen) atoms. The van der Waals surface area contributed by atoms with E-state index in [2.05, 4.69) is 34.7 Å². The number of carbonyl (C=O) groups is 1. The van der Waals surface area contributed by atoms with E-state index in [4.69, 9.17) is 9.47 Å². The highest BCUT2D eigenvalue weighted by molar-refractivity contribution is 5.91. The second kappa shape index (κ2) is 9.41. The van der Waals surface area contributed by atoms with Crippen molar-refractivity contribution in [1.82, 2.24) is 4.98 Å². The monoisotopic (exact) mass is 377 g/mol. The molecule has 1 heterocycles. The minimum absolute atomic E-state index is 0.120. The van der Waals surface area contributed by atoms with Gasteiger partial charge in [0, 0.05) is 6.04 Å². The van der Waals surface area contributed by atoms with Crippen LogP contribution in [0.1, 0.15) is 18.5 Å². The number of pyridine rings is 1. The molecule has 0 aliphatic heterocycles. The molecule has 0 aliphatic carbocycles. The van der Waals surface area contributed by atoms with Crippen molar-refractivity contribution in [2.45, 2.75) is 13.0 Å². The zero-order chi connectivity index (χ0) is 19.8. The number of rotatable bonds is 8. The van der Waals surface area contributed by atoms with Crippen LogP contribution in [0, 0.1) is 0 Å². The number of methoxy groups -OCH3 is 1. The van der Waals surface area contributed by atoms with Crippen molar-refractivity contribution >= 4 is 17.4 Å². The van der Waals surface area contributed by atoms with Crippen LogP contribution < -0.4 is 20.1 Å². The van der Waals surface area contributed by atoms with Crippen molar-refractivity contribution in [2.75, 3.05) is 24.4 Å². The molecule has 1 aromatic heterocycles. The predicted molar refractivity (Wildman–Crippen MR) is 110 cm³/mol. The maximum absolute atomic E-state index is 12.1. The SMILES string of the molecule is COc1ccccc1OCC(=O)Nc1ccc(NC(C)c2ccccc2)nc1. The highest BCUT2D eigenvalue weighted by Gasteiger charge is 2.09. The van der Waals surface area contributed by atoms with Gasteiger partial charge < -0.3 is 20.1 Å². The largest absolute Gasteiger partial charge is 0.493 e. The molecule has 2 aromatic carbocycles. The van der Waals surface area contributed by atoms with E-state index in [1.165, 1.54) is 5.56 Å². The molecule has 0 bridgehead atoms. The van der Waals surface area contributed by atoms with Crippen LogP contribution in [0.15, 0.2) is 72.9 Å². The number of hydrogen-bond acceptors (Lipinski definition) is 5. The van der Waals surface area contributed by atoms with Gasteiger partial charge in [-0.15, -0.1) is 0 Å². The Morgan fingerprint density at radius 1 is 1.00 bits per heavy atom. The lowest BCUT2D eigenvalue weighted by Crippen LogP contribution is -2.20. The molecule has 0 fully saturated rings. The lowest BCUT2D eigenvalue weighted by molar-refractivity contribution is -0.118. The third kappa shape index (κ3) is 5.23. The van der Waals surface area contributed by atoms with E-state index in [9.17, 15) is 4.79 Å². The topological polar surface area (TPSA) is 72.5 Å². The van der Waals surface area contributed by atoms with E-state index in [0.29, 0.717) is 17.2 Å². The molecule has 3 aromatic rings. The number of ether oxygens (including phenoxy) is 2. The van der Waals surface area contributed by atoms with Crippen molar-refractivity contribution in [1.29, 1.82) is 0 Å². The summed E-state index contributed by atoms with van der Waals surface area (Å²) >= 11 is 0. The second-order valence-electron chi connectivity index (χ2n) is 6.20. The Morgan fingerprint density at radius 2 is 1.71 bits per heavy atom. The third-order valence-corrected chi connectivity index (χ3v) is 4.14. The smallest absolute Gasteiger partial charge is 0.262 e. The molecule has 6 nitrogen and oxygen atoms in total. The Balaban J connectivity index is 1.51. The summed E-state index contributed by atoms with van der Waals surface area (Å²) in [5, 5.41) is 6.10. The van der Waals surface area contributed by atoms with Gasteiger partial charge in [-0.1, -0.05) is 42.5 Å². The molecule has 1 unspecified atom stereocenters. The summed E-state index contributed by atoms with van der Waals surface area (Å²) in [6.07, 6.45) is 1.61. The summed E-state index contributed by atoms with van der Waals surface area (Å²) in [6.45, 7) is 1.95. The molecule has 0 saturated carbocycles. The number of anilines is 2. The Labute approximate surface area is 164 Å². The highest BCUT2D eigenvalue weighted by Crippen LogP contribution is 2.25. The van der Waals surface area contributed by atoms with Crippen LogP contribution in [0.25, 0.3) is 0 Å². The van der Waals surface area contributed by atoms with E-state index in [1.54, 1.807) is 31.5 Å². The maximum Gasteiger partial charge on any atom is 0.262 e. The zero-order valence-electron chi connectivity index (χ0n) is 15.9. The molecule has 2 N–H and O–H groups in total. The molecule has 6 heteroatoms. The summed E-state index contributed by atoms with van der Waals surface area (Å²) in [7, 11) is 1.56. The number of aromatic nitrogens is 1. The van der Waals surface area contributed by atoms with Gasteiger partial charge in [0.05, 0.1) is 19.0 Å². The summed E-state index contributed by atoms with van der Waals surface area (Å²) in [5.41, 5.74) is 1.78. The van der Waals surface area contributed by atoms with Gasteiger partial charge in [0.1, 0.15) is 5.82 Å². The predicted octanol–water partition coefficient (Wildman–Crippen LogP) is 4.28. The van der Waals surface area contributed by atoms with E-state index in [1.807, 2.05) is 36.4 Å². The molecule has 3 rings (SSSR count). The summed E-state index contributed by atoms with van der Waals surface area (Å²) in [6, 6.07) is 21.1. The molecule has 1 atom stereocenters. The lowest BCUT2D eigenvalue weighted by atomic mass is 10.1. The first-order valence-corrected chi connectivity index (χ1v) is 8.99. The molecule has 0 radical (unpaired) electrons. The summed E-state index contributed by atoms with van der Waals surface area (Å²) < 4.78 is 10.7. The number of benzene rings is 2. The van der Waals surface area contributed by atoms with E-state index < -0.39 is 0 Å². The van der Waals surface area contributed by atoms with Crippen LogP contribution in [-0.4, -0.2) is 24.6 Å². The normalized spacial score (nSPS) is 11.4. The van der Waals surface area contributed by atoms with Gasteiger partial charge in [-0.3, -0.25) is 4.79 Å². The first-order chi connectivity index (χ1) is 13.7. The Bertz CT molecular complexity index is 898. The maximum atomic E-state index is 12.1. The second-order valence-corrected chi connectivity index (χ2v) is 6.20. The lowest BCUT2D eigenvalue weighted by Gasteiger charge is -2.15. The van der Waals surface area contributed by atoms with Gasteiger partial charge >= 0.3 is 0 Å². The van der Waals surface area contributed by atoms with Gasteiger partial charge in [-0.25, -0.2) is 4.98 Å². The van der Waals surface area contributed by atoms with Crippen LogP contribution in [0.2, 0.25) is 0 Å². The quantitative estimate of drug-likeness (QED) is 0.613. The van der Waals surface area contributed by atoms with Crippen molar-refractivity contribution in [3.8, 4) is 11.5 Å². The van der Waals surface area contributed by atoms with Crippen molar-refractivity contribution in [3.63, 3.8) is 0 Å². The first kappa shape index (κ1) is 19.2. The number of nitrogens with one attached hydrogen (secondary N) is 2. The summed E-state index contributed by atoms with van der Waals surface area (Å²) in [5.74, 6) is 1.57. The first-order valence-electron chi connectivity index (χ1n) is 8.99. The number of amides is 1. The van der Waals surface area contributed by atoms with Crippen molar-refractivity contribution < 1.29 is 14.3 Å². The van der Waals surface area contributed by atoms with E-state index in [0.717, 1.165) is 5.82 Å². The van der Waals surface area contributed by atoms with Crippen molar-refractivity contribution in [2.24, 2.45) is 0 Å². The van der Waals surface area contributed by atoms with Crippen molar-refractivity contribution in [3.05, 3.63) is 78.5 Å². The third-order valence-electron chi connectivity index (χ3n) is 4.14. The number of carbonyl (C=O) groups excluding carboxylic acids is 1. The van der Waals surface area contributed by atoms with Gasteiger partial charge in [0.15, 0.2) is 18.1 Å². The van der Waals surface area contributed by atoms with Gasteiger partial charge in [-0.05, 0) is 36.8 Å². The number of para-hydroxylation sites is 2. The van der Waals surface area contributed by atoms with E-state index >= 15 is 0 Å². The molecule has 0 aliphatic rings. The minimum atomic E-state index is -0.272. The summed E-state index contributed by atoms with van der Waals surface area (Å²) in [4.78, 5) is 16.5. The standard InChI is InChI=1S/C22H23N3O3/c1-16(17-8-4-3-5-9-17)24-21-13-12-18(14-23-21)25-22(26)15-28-20-11-7-6-10-19(20)27-2/h3-14,16H,15H2,1-2H3,(H,23,24)(H,25,26).